The van der Waals surface area contributed by atoms with E-state index in [2.05, 4.69) is 15.3 Å². The molecule has 1 saturated heterocycles. The number of hydrogen-bond acceptors (Lipinski definition) is 7. The molecule has 0 atom stereocenters. The van der Waals surface area contributed by atoms with Gasteiger partial charge >= 0.3 is 0 Å². The number of ether oxygens (including phenoxy) is 2. The molecule has 0 aliphatic carbocycles. The lowest BCUT2D eigenvalue weighted by Gasteiger charge is -2.35. The fraction of sp³-hybridized carbons (Fsp3) is 0.261. The first-order valence-corrected chi connectivity index (χ1v) is 11.0. The number of carbonyl (C=O) groups excluding carboxylic acids is 1. The molecule has 3 heterocycles. The maximum Gasteiger partial charge on any atom is 0.292 e. The zero-order valence-electron chi connectivity index (χ0n) is 17.7. The molecule has 1 amide bonds. The highest BCUT2D eigenvalue weighted by atomic mass is 35.5. The van der Waals surface area contributed by atoms with Crippen molar-refractivity contribution in [3.63, 3.8) is 0 Å². The van der Waals surface area contributed by atoms with E-state index in [0.29, 0.717) is 54.7 Å². The Morgan fingerprint density at radius 3 is 2.58 bits per heavy atom. The average molecular weight is 468 g/mol. The lowest BCUT2D eigenvalue weighted by molar-refractivity contribution is -0.117. The first kappa shape index (κ1) is 21.3. The molecule has 10 heteroatoms. The maximum absolute atomic E-state index is 12.7. The van der Waals surface area contributed by atoms with Crippen LogP contribution in [0.2, 0.25) is 5.02 Å². The molecule has 0 unspecified atom stereocenters. The van der Waals surface area contributed by atoms with Crippen molar-refractivity contribution >= 4 is 28.9 Å². The van der Waals surface area contributed by atoms with Gasteiger partial charge in [-0.05, 0) is 24.3 Å². The van der Waals surface area contributed by atoms with Crippen LogP contribution in [0, 0.1) is 0 Å². The second-order valence-corrected chi connectivity index (χ2v) is 8.15. The van der Waals surface area contributed by atoms with Crippen LogP contribution < -0.4 is 25.2 Å². The Hall–Kier alpha value is -3.56. The van der Waals surface area contributed by atoms with Gasteiger partial charge in [-0.15, -0.1) is 0 Å². The van der Waals surface area contributed by atoms with Crippen LogP contribution in [0.25, 0.3) is 5.69 Å². The van der Waals surface area contributed by atoms with Gasteiger partial charge in [-0.25, -0.2) is 0 Å². The summed E-state index contributed by atoms with van der Waals surface area (Å²) in [6.45, 7) is 3.04. The number of nitrogens with one attached hydrogen (secondary N) is 1. The summed E-state index contributed by atoms with van der Waals surface area (Å²) in [5, 5.41) is 7.34. The topological polar surface area (TPSA) is 88.9 Å². The van der Waals surface area contributed by atoms with E-state index in [1.54, 1.807) is 36.5 Å². The molecule has 0 saturated carbocycles. The quantitative estimate of drug-likeness (QED) is 0.616. The number of anilines is 2. The standard InChI is InChI=1S/C23H22ClN5O4/c24-22-18(13-25-29(23(22)31)17-4-2-1-3-5-17)28-10-8-27(9-11-28)14-21(30)26-16-6-7-19-20(12-16)33-15-32-19/h1-7,12-13H,8-11,14-15H2,(H,26,30). The van der Waals surface area contributed by atoms with Gasteiger partial charge in [-0.3, -0.25) is 14.5 Å². The summed E-state index contributed by atoms with van der Waals surface area (Å²) < 4.78 is 11.9. The summed E-state index contributed by atoms with van der Waals surface area (Å²) in [7, 11) is 0. The minimum atomic E-state index is -0.356. The van der Waals surface area contributed by atoms with Gasteiger partial charge in [0.2, 0.25) is 12.7 Å². The summed E-state index contributed by atoms with van der Waals surface area (Å²) >= 11 is 6.42. The van der Waals surface area contributed by atoms with Crippen molar-refractivity contribution < 1.29 is 14.3 Å². The molecule has 2 aliphatic rings. The number of piperazine rings is 1. The van der Waals surface area contributed by atoms with Gasteiger partial charge in [-0.2, -0.15) is 9.78 Å². The first-order chi connectivity index (χ1) is 16.1. The Morgan fingerprint density at radius 1 is 1.03 bits per heavy atom. The lowest BCUT2D eigenvalue weighted by atomic mass is 10.2. The fourth-order valence-electron chi connectivity index (χ4n) is 3.92. The van der Waals surface area contributed by atoms with Crippen molar-refractivity contribution in [3.05, 3.63) is 70.1 Å². The maximum atomic E-state index is 12.7. The molecule has 0 radical (unpaired) electrons. The van der Waals surface area contributed by atoms with Crippen molar-refractivity contribution in [3.8, 4) is 17.2 Å². The van der Waals surface area contributed by atoms with Crippen LogP contribution in [0.1, 0.15) is 0 Å². The Bertz CT molecular complexity index is 1230. The molecule has 33 heavy (non-hydrogen) atoms. The van der Waals surface area contributed by atoms with Gasteiger partial charge in [0.05, 0.1) is 24.1 Å². The van der Waals surface area contributed by atoms with Crippen molar-refractivity contribution in [1.82, 2.24) is 14.7 Å². The van der Waals surface area contributed by atoms with Gasteiger partial charge in [0, 0.05) is 37.9 Å². The number of amides is 1. The summed E-state index contributed by atoms with van der Waals surface area (Å²) in [6.07, 6.45) is 1.62. The third-order valence-electron chi connectivity index (χ3n) is 5.64. The van der Waals surface area contributed by atoms with E-state index in [-0.39, 0.29) is 29.8 Å². The minimum absolute atomic E-state index is 0.104. The van der Waals surface area contributed by atoms with Crippen molar-refractivity contribution in [2.75, 3.05) is 49.7 Å². The molecule has 3 aromatic rings. The molecule has 0 bridgehead atoms. The highest BCUT2D eigenvalue weighted by molar-refractivity contribution is 6.33. The lowest BCUT2D eigenvalue weighted by Crippen LogP contribution is -2.49. The minimum Gasteiger partial charge on any atom is -0.454 e. The average Bonchev–Trinajstić information content (AvgIpc) is 3.30. The van der Waals surface area contributed by atoms with Crippen LogP contribution in [-0.4, -0.2) is 60.1 Å². The number of fused-ring (bicyclic) bond motifs is 1. The monoisotopic (exact) mass is 467 g/mol. The zero-order chi connectivity index (χ0) is 22.8. The van der Waals surface area contributed by atoms with Crippen LogP contribution in [-0.2, 0) is 4.79 Å². The zero-order valence-corrected chi connectivity index (χ0v) is 18.5. The summed E-state index contributed by atoms with van der Waals surface area (Å²) in [6, 6.07) is 14.5. The molecular formula is C23H22ClN5O4. The van der Waals surface area contributed by atoms with Crippen molar-refractivity contribution in [2.24, 2.45) is 0 Å². The number of nitrogens with zero attached hydrogens (tertiary/aromatic N) is 4. The SMILES string of the molecule is O=C(CN1CCN(c2cnn(-c3ccccc3)c(=O)c2Cl)CC1)Nc1ccc2c(c1)OCO2. The highest BCUT2D eigenvalue weighted by Crippen LogP contribution is 2.34. The van der Waals surface area contributed by atoms with Crippen LogP contribution in [0.4, 0.5) is 11.4 Å². The molecule has 9 nitrogen and oxygen atoms in total. The van der Waals surface area contributed by atoms with E-state index < -0.39 is 0 Å². The highest BCUT2D eigenvalue weighted by Gasteiger charge is 2.23. The Kier molecular flexibility index (Phi) is 5.89. The van der Waals surface area contributed by atoms with Crippen molar-refractivity contribution in [2.45, 2.75) is 0 Å². The molecule has 2 aromatic carbocycles. The van der Waals surface area contributed by atoms with E-state index in [1.807, 2.05) is 23.1 Å². The van der Waals surface area contributed by atoms with Crippen LogP contribution in [0.3, 0.4) is 0 Å². The second kappa shape index (κ2) is 9.13. The molecule has 1 fully saturated rings. The number of para-hydroxylation sites is 1. The summed E-state index contributed by atoms with van der Waals surface area (Å²) in [4.78, 5) is 29.3. The number of hydrogen-bond donors (Lipinski definition) is 1. The van der Waals surface area contributed by atoms with Gasteiger partial charge < -0.3 is 19.7 Å². The van der Waals surface area contributed by atoms with Crippen LogP contribution in [0.15, 0.2) is 59.5 Å². The van der Waals surface area contributed by atoms with E-state index >= 15 is 0 Å². The van der Waals surface area contributed by atoms with Gasteiger partial charge in [0.25, 0.3) is 5.56 Å². The number of benzene rings is 2. The van der Waals surface area contributed by atoms with E-state index in [1.165, 1.54) is 4.68 Å². The van der Waals surface area contributed by atoms with E-state index in [4.69, 9.17) is 21.1 Å². The third kappa shape index (κ3) is 4.50. The van der Waals surface area contributed by atoms with E-state index in [0.717, 1.165) is 0 Å². The smallest absolute Gasteiger partial charge is 0.292 e. The number of carbonyl (C=O) groups is 1. The Labute approximate surface area is 195 Å². The van der Waals surface area contributed by atoms with Crippen LogP contribution >= 0.6 is 11.6 Å². The Morgan fingerprint density at radius 2 is 1.79 bits per heavy atom. The summed E-state index contributed by atoms with van der Waals surface area (Å²) in [5.41, 5.74) is 1.58. The molecule has 1 N–H and O–H groups in total. The van der Waals surface area contributed by atoms with E-state index in [9.17, 15) is 9.59 Å². The number of halogens is 1. The predicted octanol–water partition coefficient (Wildman–Crippen LogP) is 2.38. The molecular weight excluding hydrogens is 446 g/mol. The molecule has 0 spiro atoms. The molecule has 170 valence electrons. The number of aromatic nitrogens is 2. The molecule has 5 rings (SSSR count). The van der Waals surface area contributed by atoms with Gasteiger partial charge in [0.15, 0.2) is 11.5 Å². The second-order valence-electron chi connectivity index (χ2n) is 7.78. The molecule has 2 aliphatic heterocycles. The van der Waals surface area contributed by atoms with Gasteiger partial charge in [0.1, 0.15) is 5.02 Å². The third-order valence-corrected chi connectivity index (χ3v) is 5.99. The van der Waals surface area contributed by atoms with Crippen LogP contribution in [0.5, 0.6) is 11.5 Å². The number of rotatable bonds is 5. The fourth-order valence-corrected chi connectivity index (χ4v) is 4.17. The summed E-state index contributed by atoms with van der Waals surface area (Å²) in [5.74, 6) is 1.20. The normalized spacial score (nSPS) is 15.5. The largest absolute Gasteiger partial charge is 0.454 e. The Balaban J connectivity index is 1.18. The first-order valence-electron chi connectivity index (χ1n) is 10.6. The molecule has 1 aromatic heterocycles. The van der Waals surface area contributed by atoms with Gasteiger partial charge in [-0.1, -0.05) is 29.8 Å². The van der Waals surface area contributed by atoms with Crippen molar-refractivity contribution in [1.29, 1.82) is 0 Å². The predicted molar refractivity (Wildman–Crippen MR) is 125 cm³/mol.